The molecule has 6 nitrogen and oxygen atoms in total. The molecule has 0 aromatic heterocycles. The van der Waals surface area contributed by atoms with Crippen molar-refractivity contribution < 1.29 is 29.3 Å². The molecule has 0 amide bonds. The molecule has 0 radical (unpaired) electrons. The molecular weight excluding hydrogens is 192 g/mol. The molecule has 1 heterocycles. The van der Waals surface area contributed by atoms with Crippen molar-refractivity contribution >= 4 is 11.9 Å². The molecule has 1 rings (SSSR count). The second kappa shape index (κ2) is 3.93. The third-order valence-electron chi connectivity index (χ3n) is 1.86. The topological polar surface area (TPSA) is 93.1 Å². The van der Waals surface area contributed by atoms with E-state index in [0.29, 0.717) is 0 Å². The summed E-state index contributed by atoms with van der Waals surface area (Å²) in [5.41, 5.74) is 0. The van der Waals surface area contributed by atoms with Crippen LogP contribution in [0.2, 0.25) is 0 Å². The quantitative estimate of drug-likeness (QED) is 0.577. The second-order valence-electron chi connectivity index (χ2n) is 3.00. The summed E-state index contributed by atoms with van der Waals surface area (Å²) in [5, 5.41) is 18.8. The first-order chi connectivity index (χ1) is 6.48. The summed E-state index contributed by atoms with van der Waals surface area (Å²) < 4.78 is 8.89. The van der Waals surface area contributed by atoms with Gasteiger partial charge in [-0.05, 0) is 6.42 Å². The Hall–Kier alpha value is -1.14. The van der Waals surface area contributed by atoms with Crippen LogP contribution in [0.15, 0.2) is 0 Å². The molecule has 0 aromatic rings. The third kappa shape index (κ3) is 2.21. The molecule has 80 valence electrons. The number of aliphatic hydroxyl groups excluding tert-OH is 1. The molecule has 1 aliphatic rings. The van der Waals surface area contributed by atoms with E-state index in [9.17, 15) is 19.8 Å². The second-order valence-corrected chi connectivity index (χ2v) is 3.00. The van der Waals surface area contributed by atoms with Crippen molar-refractivity contribution in [1.29, 1.82) is 0 Å². The molecule has 0 aromatic carbocycles. The summed E-state index contributed by atoms with van der Waals surface area (Å²) in [5.74, 6) is -4.07. The lowest BCUT2D eigenvalue weighted by atomic mass is 10.2. The van der Waals surface area contributed by atoms with Crippen LogP contribution in [0.1, 0.15) is 26.2 Å². The van der Waals surface area contributed by atoms with Gasteiger partial charge < -0.3 is 19.7 Å². The summed E-state index contributed by atoms with van der Waals surface area (Å²) in [6.07, 6.45) is -1.65. The zero-order valence-corrected chi connectivity index (χ0v) is 7.73. The molecule has 2 N–H and O–H groups in total. The SMILES string of the molecule is CCC(O)C1(O)OC(=O)CCC(=O)O1. The van der Waals surface area contributed by atoms with Crippen LogP contribution < -0.4 is 0 Å². The van der Waals surface area contributed by atoms with Crippen molar-refractivity contribution in [3.05, 3.63) is 0 Å². The van der Waals surface area contributed by atoms with E-state index in [-0.39, 0.29) is 19.3 Å². The van der Waals surface area contributed by atoms with Crippen molar-refractivity contribution in [3.8, 4) is 0 Å². The van der Waals surface area contributed by atoms with E-state index in [1.165, 1.54) is 0 Å². The first kappa shape index (κ1) is 10.9. The summed E-state index contributed by atoms with van der Waals surface area (Å²) in [6.45, 7) is 1.55. The Morgan fingerprint density at radius 2 is 1.79 bits per heavy atom. The van der Waals surface area contributed by atoms with Crippen LogP contribution in [0.3, 0.4) is 0 Å². The maximum atomic E-state index is 10.9. The Balaban J connectivity index is 2.83. The number of hydrogen-bond donors (Lipinski definition) is 2. The number of hydrogen-bond acceptors (Lipinski definition) is 6. The third-order valence-corrected chi connectivity index (χ3v) is 1.86. The normalized spacial score (nSPS) is 23.4. The van der Waals surface area contributed by atoms with Crippen LogP contribution in [-0.2, 0) is 19.1 Å². The Morgan fingerprint density at radius 3 is 2.14 bits per heavy atom. The molecule has 0 saturated carbocycles. The average molecular weight is 204 g/mol. The van der Waals surface area contributed by atoms with Gasteiger partial charge >= 0.3 is 17.9 Å². The van der Waals surface area contributed by atoms with E-state index in [2.05, 4.69) is 9.47 Å². The molecule has 1 saturated heterocycles. The van der Waals surface area contributed by atoms with Crippen LogP contribution in [0, 0.1) is 0 Å². The minimum Gasteiger partial charge on any atom is -0.396 e. The van der Waals surface area contributed by atoms with E-state index < -0.39 is 24.0 Å². The largest absolute Gasteiger partial charge is 0.401 e. The van der Waals surface area contributed by atoms with E-state index in [1.54, 1.807) is 6.92 Å². The highest BCUT2D eigenvalue weighted by molar-refractivity contribution is 5.79. The van der Waals surface area contributed by atoms with Gasteiger partial charge in [0.1, 0.15) is 0 Å². The smallest absolute Gasteiger partial charge is 0.396 e. The number of rotatable bonds is 2. The molecule has 14 heavy (non-hydrogen) atoms. The molecular formula is C8H12O6. The van der Waals surface area contributed by atoms with Gasteiger partial charge in [-0.3, -0.25) is 9.59 Å². The summed E-state index contributed by atoms with van der Waals surface area (Å²) >= 11 is 0. The fraction of sp³-hybridized carbons (Fsp3) is 0.750. The average Bonchev–Trinajstić information content (AvgIpc) is 2.24. The van der Waals surface area contributed by atoms with Gasteiger partial charge in [0.25, 0.3) is 0 Å². The van der Waals surface area contributed by atoms with Gasteiger partial charge in [0.05, 0.1) is 12.8 Å². The van der Waals surface area contributed by atoms with Gasteiger partial charge in [-0.15, -0.1) is 0 Å². The van der Waals surface area contributed by atoms with Crippen molar-refractivity contribution in [2.24, 2.45) is 0 Å². The van der Waals surface area contributed by atoms with Crippen molar-refractivity contribution in [1.82, 2.24) is 0 Å². The molecule has 0 bridgehead atoms. The summed E-state index contributed by atoms with van der Waals surface area (Å²) in [7, 11) is 0. The minimum atomic E-state index is -2.53. The molecule has 6 heteroatoms. The Kier molecular flexibility index (Phi) is 3.07. The number of cyclic esters (lactones) is 2. The Labute approximate surface area is 80.4 Å². The van der Waals surface area contributed by atoms with Crippen LogP contribution in [-0.4, -0.2) is 34.2 Å². The monoisotopic (exact) mass is 204 g/mol. The van der Waals surface area contributed by atoms with Gasteiger partial charge in [0.15, 0.2) is 6.10 Å². The Morgan fingerprint density at radius 1 is 1.36 bits per heavy atom. The van der Waals surface area contributed by atoms with Crippen LogP contribution in [0.4, 0.5) is 0 Å². The van der Waals surface area contributed by atoms with Crippen LogP contribution >= 0.6 is 0 Å². The molecule has 0 spiro atoms. The van der Waals surface area contributed by atoms with Crippen LogP contribution in [0.25, 0.3) is 0 Å². The lowest BCUT2D eigenvalue weighted by molar-refractivity contribution is -0.357. The molecule has 1 unspecified atom stereocenters. The number of aliphatic hydroxyl groups is 2. The lowest BCUT2D eigenvalue weighted by Crippen LogP contribution is -2.48. The highest BCUT2D eigenvalue weighted by Gasteiger charge is 2.45. The Bertz CT molecular complexity index is 230. The van der Waals surface area contributed by atoms with Gasteiger partial charge in [-0.1, -0.05) is 6.92 Å². The summed E-state index contributed by atoms with van der Waals surface area (Å²) in [6, 6.07) is 0. The van der Waals surface area contributed by atoms with Crippen LogP contribution in [0.5, 0.6) is 0 Å². The standard InChI is InChI=1S/C8H12O6/c1-2-5(9)8(12)13-6(10)3-4-7(11)14-8/h5,9,12H,2-4H2,1H3. The fourth-order valence-electron chi connectivity index (χ4n) is 1.05. The van der Waals surface area contributed by atoms with Gasteiger partial charge in [-0.2, -0.15) is 0 Å². The zero-order valence-electron chi connectivity index (χ0n) is 7.73. The minimum absolute atomic E-state index is 0.0943. The number of carbonyl (C=O) groups is 2. The number of carbonyl (C=O) groups excluding carboxylic acids is 2. The summed E-state index contributed by atoms with van der Waals surface area (Å²) in [4.78, 5) is 21.9. The molecule has 1 aliphatic heterocycles. The fourth-order valence-corrected chi connectivity index (χ4v) is 1.05. The van der Waals surface area contributed by atoms with Gasteiger partial charge in [0.2, 0.25) is 0 Å². The van der Waals surface area contributed by atoms with E-state index in [0.717, 1.165) is 0 Å². The maximum absolute atomic E-state index is 10.9. The first-order valence-corrected chi connectivity index (χ1v) is 4.32. The lowest BCUT2D eigenvalue weighted by Gasteiger charge is -2.28. The van der Waals surface area contributed by atoms with Crippen molar-refractivity contribution in [2.75, 3.05) is 0 Å². The molecule has 1 atom stereocenters. The van der Waals surface area contributed by atoms with E-state index in [1.807, 2.05) is 0 Å². The number of ether oxygens (including phenoxy) is 2. The predicted octanol–water partition coefficient (Wildman–Crippen LogP) is -0.716. The molecule has 0 aliphatic carbocycles. The predicted molar refractivity (Wildman–Crippen MR) is 42.7 cm³/mol. The van der Waals surface area contributed by atoms with E-state index >= 15 is 0 Å². The highest BCUT2D eigenvalue weighted by Crippen LogP contribution is 2.22. The number of esters is 2. The van der Waals surface area contributed by atoms with Gasteiger partial charge in [-0.25, -0.2) is 0 Å². The van der Waals surface area contributed by atoms with Crippen molar-refractivity contribution in [3.63, 3.8) is 0 Å². The van der Waals surface area contributed by atoms with E-state index in [4.69, 9.17) is 0 Å². The molecule has 1 fully saturated rings. The first-order valence-electron chi connectivity index (χ1n) is 4.32. The van der Waals surface area contributed by atoms with Crippen molar-refractivity contribution in [2.45, 2.75) is 38.3 Å². The van der Waals surface area contributed by atoms with Gasteiger partial charge in [0, 0.05) is 0 Å². The highest BCUT2D eigenvalue weighted by atomic mass is 16.8. The zero-order chi connectivity index (χ0) is 10.8. The maximum Gasteiger partial charge on any atom is 0.401 e.